The van der Waals surface area contributed by atoms with Crippen molar-refractivity contribution < 1.29 is 23.2 Å². The van der Waals surface area contributed by atoms with Crippen molar-refractivity contribution in [3.63, 3.8) is 0 Å². The van der Waals surface area contributed by atoms with Crippen molar-refractivity contribution in [1.82, 2.24) is 10.8 Å². The van der Waals surface area contributed by atoms with Gasteiger partial charge in [0.2, 0.25) is 11.8 Å². The summed E-state index contributed by atoms with van der Waals surface area (Å²) in [5.74, 6) is -0.805. The lowest BCUT2D eigenvalue weighted by Gasteiger charge is -2.35. The van der Waals surface area contributed by atoms with E-state index >= 15 is 0 Å². The predicted octanol–water partition coefficient (Wildman–Crippen LogP) is 3.64. The number of hydroxylamine groups is 1. The minimum absolute atomic E-state index is 0.0335. The van der Waals surface area contributed by atoms with Crippen molar-refractivity contribution in [2.45, 2.75) is 43.8 Å². The van der Waals surface area contributed by atoms with Crippen LogP contribution in [0.3, 0.4) is 0 Å². The zero-order chi connectivity index (χ0) is 23.2. The molecule has 2 aromatic rings. The fraction of sp³-hybridized carbons (Fsp3) is 0.391. The van der Waals surface area contributed by atoms with Gasteiger partial charge >= 0.3 is 0 Å². The van der Waals surface area contributed by atoms with E-state index in [0.717, 1.165) is 22.4 Å². The minimum Gasteiger partial charge on any atom is -0.353 e. The molecule has 2 heterocycles. The van der Waals surface area contributed by atoms with Crippen LogP contribution in [0, 0.1) is 0 Å². The van der Waals surface area contributed by atoms with Gasteiger partial charge in [-0.05, 0) is 48.6 Å². The SMILES string of the molecule is CCCNC(=O)C=Cc1ccc(-c2ccc([C@@]3(CC(=O)NO)CCCCS3(=O)=O)s2)cc1. The van der Waals surface area contributed by atoms with Crippen molar-refractivity contribution in [2.75, 3.05) is 12.3 Å². The summed E-state index contributed by atoms with van der Waals surface area (Å²) in [6.07, 6.45) is 5.46. The quantitative estimate of drug-likeness (QED) is 0.306. The number of rotatable bonds is 8. The molecular weight excluding hydrogens is 448 g/mol. The molecule has 3 rings (SSSR count). The maximum Gasteiger partial charge on any atom is 0.245 e. The van der Waals surface area contributed by atoms with Gasteiger partial charge in [0, 0.05) is 22.4 Å². The van der Waals surface area contributed by atoms with Crippen molar-refractivity contribution in [3.8, 4) is 10.4 Å². The van der Waals surface area contributed by atoms with Crippen LogP contribution in [-0.2, 0) is 24.2 Å². The van der Waals surface area contributed by atoms with E-state index in [0.29, 0.717) is 30.7 Å². The molecule has 3 N–H and O–H groups in total. The van der Waals surface area contributed by atoms with Gasteiger partial charge in [0.15, 0.2) is 9.84 Å². The van der Waals surface area contributed by atoms with E-state index in [1.165, 1.54) is 17.4 Å². The molecule has 9 heteroatoms. The molecule has 0 unspecified atom stereocenters. The highest BCUT2D eigenvalue weighted by atomic mass is 32.2. The third-order valence-corrected chi connectivity index (χ3v) is 9.69. The standard InChI is InChI=1S/C23H28N2O5S2/c1-2-14-24-21(26)12-7-17-5-8-18(9-6-17)19-10-11-20(31-19)23(16-22(27)25-28)13-3-4-15-32(23,29)30/h5-12,28H,2-4,13-16H2,1H3,(H,24,26)(H,25,27)/t23-/m0/s1. The van der Waals surface area contributed by atoms with Gasteiger partial charge < -0.3 is 5.32 Å². The lowest BCUT2D eigenvalue weighted by Crippen LogP contribution is -2.43. The molecule has 0 saturated carbocycles. The van der Waals surface area contributed by atoms with E-state index in [4.69, 9.17) is 5.21 Å². The first-order chi connectivity index (χ1) is 15.3. The molecule has 1 fully saturated rings. The molecule has 0 bridgehead atoms. The number of nitrogens with one attached hydrogen (secondary N) is 2. The Bertz CT molecular complexity index is 1090. The first-order valence-corrected chi connectivity index (χ1v) is 13.1. The van der Waals surface area contributed by atoms with Gasteiger partial charge in [0.05, 0.1) is 12.2 Å². The highest BCUT2D eigenvalue weighted by Crippen LogP contribution is 2.47. The fourth-order valence-electron chi connectivity index (χ4n) is 3.89. The Morgan fingerprint density at radius 3 is 2.56 bits per heavy atom. The van der Waals surface area contributed by atoms with Gasteiger partial charge in [0.25, 0.3) is 0 Å². The zero-order valence-electron chi connectivity index (χ0n) is 18.0. The Morgan fingerprint density at radius 1 is 1.16 bits per heavy atom. The maximum absolute atomic E-state index is 13.0. The second-order valence-electron chi connectivity index (χ2n) is 7.89. The number of thiophene rings is 1. The molecule has 1 aliphatic heterocycles. The number of sulfone groups is 1. The number of amides is 2. The van der Waals surface area contributed by atoms with Crippen molar-refractivity contribution in [1.29, 1.82) is 0 Å². The summed E-state index contributed by atoms with van der Waals surface area (Å²) in [6, 6.07) is 11.3. The van der Waals surface area contributed by atoms with Crippen LogP contribution < -0.4 is 10.8 Å². The number of benzene rings is 1. The zero-order valence-corrected chi connectivity index (χ0v) is 19.6. The molecule has 1 atom stereocenters. The summed E-state index contributed by atoms with van der Waals surface area (Å²) in [6.45, 7) is 2.63. The highest BCUT2D eigenvalue weighted by Gasteiger charge is 2.49. The summed E-state index contributed by atoms with van der Waals surface area (Å²) in [5, 5.41) is 11.8. The normalized spacial score (nSPS) is 20.2. The van der Waals surface area contributed by atoms with Crippen LogP contribution in [0.15, 0.2) is 42.5 Å². The van der Waals surface area contributed by atoms with Crippen LogP contribution in [0.1, 0.15) is 49.5 Å². The molecule has 1 aromatic carbocycles. The third-order valence-electron chi connectivity index (χ3n) is 5.64. The third kappa shape index (κ3) is 5.28. The summed E-state index contributed by atoms with van der Waals surface area (Å²) in [4.78, 5) is 25.2. The van der Waals surface area contributed by atoms with E-state index in [-0.39, 0.29) is 18.1 Å². The minimum atomic E-state index is -3.55. The second-order valence-corrected chi connectivity index (χ2v) is 11.4. The van der Waals surface area contributed by atoms with E-state index in [1.54, 1.807) is 17.6 Å². The fourth-order valence-corrected chi connectivity index (χ4v) is 7.67. The number of carbonyl (C=O) groups excluding carboxylic acids is 2. The Labute approximate surface area is 192 Å². The molecular formula is C23H28N2O5S2. The monoisotopic (exact) mass is 476 g/mol. The summed E-state index contributed by atoms with van der Waals surface area (Å²) < 4.78 is 24.8. The Morgan fingerprint density at radius 2 is 1.91 bits per heavy atom. The molecule has 1 aliphatic rings. The average molecular weight is 477 g/mol. The maximum atomic E-state index is 13.0. The molecule has 0 aliphatic carbocycles. The first-order valence-electron chi connectivity index (χ1n) is 10.6. The molecule has 7 nitrogen and oxygen atoms in total. The van der Waals surface area contributed by atoms with Gasteiger partial charge in [-0.15, -0.1) is 11.3 Å². The Balaban J connectivity index is 1.84. The lowest BCUT2D eigenvalue weighted by molar-refractivity contribution is -0.130. The van der Waals surface area contributed by atoms with E-state index < -0.39 is 20.5 Å². The predicted molar refractivity (Wildman–Crippen MR) is 126 cm³/mol. The van der Waals surface area contributed by atoms with E-state index in [1.807, 2.05) is 37.3 Å². The average Bonchev–Trinajstić information content (AvgIpc) is 3.28. The molecule has 1 saturated heterocycles. The van der Waals surface area contributed by atoms with Crippen molar-refractivity contribution in [3.05, 3.63) is 52.9 Å². The largest absolute Gasteiger partial charge is 0.353 e. The first kappa shape index (κ1) is 24.2. The molecule has 0 spiro atoms. The van der Waals surface area contributed by atoms with Crippen LogP contribution in [0.25, 0.3) is 16.5 Å². The van der Waals surface area contributed by atoms with Crippen LogP contribution in [0.2, 0.25) is 0 Å². The summed E-state index contributed by atoms with van der Waals surface area (Å²) in [5.41, 5.74) is 3.38. The Hall–Kier alpha value is -2.49. The number of hydrogen-bond donors (Lipinski definition) is 3. The molecule has 1 aromatic heterocycles. The van der Waals surface area contributed by atoms with Crippen molar-refractivity contribution >= 4 is 39.1 Å². The molecule has 2 amide bonds. The van der Waals surface area contributed by atoms with Crippen LogP contribution in [0.5, 0.6) is 0 Å². The molecule has 32 heavy (non-hydrogen) atoms. The number of hydrogen-bond acceptors (Lipinski definition) is 6. The smallest absolute Gasteiger partial charge is 0.245 e. The van der Waals surface area contributed by atoms with Crippen LogP contribution in [-0.4, -0.2) is 37.7 Å². The summed E-state index contributed by atoms with van der Waals surface area (Å²) >= 11 is 1.36. The molecule has 172 valence electrons. The van der Waals surface area contributed by atoms with Crippen molar-refractivity contribution in [2.24, 2.45) is 0 Å². The van der Waals surface area contributed by atoms with Gasteiger partial charge in [0.1, 0.15) is 4.75 Å². The van der Waals surface area contributed by atoms with E-state index in [2.05, 4.69) is 5.32 Å². The van der Waals surface area contributed by atoms with E-state index in [9.17, 15) is 18.0 Å². The number of carbonyl (C=O) groups is 2. The topological polar surface area (TPSA) is 113 Å². The van der Waals surface area contributed by atoms with Crippen LogP contribution >= 0.6 is 11.3 Å². The molecule has 0 radical (unpaired) electrons. The van der Waals surface area contributed by atoms with Crippen LogP contribution in [0.4, 0.5) is 0 Å². The Kier molecular flexibility index (Phi) is 7.86. The summed E-state index contributed by atoms with van der Waals surface area (Å²) in [7, 11) is -3.55. The highest BCUT2D eigenvalue weighted by molar-refractivity contribution is 7.92. The van der Waals surface area contributed by atoms with Gasteiger partial charge in [-0.2, -0.15) is 0 Å². The lowest BCUT2D eigenvalue weighted by atomic mass is 9.94. The van der Waals surface area contributed by atoms with Gasteiger partial charge in [-0.25, -0.2) is 13.9 Å². The second kappa shape index (κ2) is 10.4. The van der Waals surface area contributed by atoms with Gasteiger partial charge in [-0.1, -0.05) is 37.6 Å². The van der Waals surface area contributed by atoms with Gasteiger partial charge in [-0.3, -0.25) is 14.8 Å².